The van der Waals surface area contributed by atoms with Gasteiger partial charge in [-0.25, -0.2) is 0 Å². The molecule has 4 unspecified atom stereocenters. The van der Waals surface area contributed by atoms with E-state index in [1.807, 2.05) is 0 Å². The lowest BCUT2D eigenvalue weighted by Gasteiger charge is -2.35. The molecule has 2 saturated carbocycles. The van der Waals surface area contributed by atoms with Gasteiger partial charge in [-0.3, -0.25) is 4.79 Å². The second kappa shape index (κ2) is 10.00. The quantitative estimate of drug-likeness (QED) is 0.421. The number of rotatable bonds is 6. The highest BCUT2D eigenvalue weighted by molar-refractivity contribution is 5.91. The summed E-state index contributed by atoms with van der Waals surface area (Å²) in [6.45, 7) is 13.8. The van der Waals surface area contributed by atoms with Crippen molar-refractivity contribution < 1.29 is 4.79 Å². The molecule has 0 aromatic heterocycles. The minimum atomic E-state index is -0.0781. The topological polar surface area (TPSA) is 17.1 Å². The summed E-state index contributed by atoms with van der Waals surface area (Å²) >= 11 is 0. The molecule has 2 aliphatic rings. The molecule has 0 spiro atoms. The lowest BCUT2D eigenvalue weighted by atomic mass is 9.70. The average Bonchev–Trinajstić information content (AvgIpc) is 2.81. The first-order valence-electron chi connectivity index (χ1n) is 13.8. The number of hydrogen-bond acceptors (Lipinski definition) is 1. The van der Waals surface area contributed by atoms with Crippen molar-refractivity contribution in [1.82, 2.24) is 0 Å². The molecular weight excluding hydrogens is 412 g/mol. The van der Waals surface area contributed by atoms with Gasteiger partial charge < -0.3 is 0 Å². The molecule has 0 radical (unpaired) electrons. The molecule has 0 amide bonds. The highest BCUT2D eigenvalue weighted by atomic mass is 16.1. The standard InChI is InChI=1S/C33H46O/c1-23(25-11-15-27(16-12-25)29-9-7-19-32(3,4)21-29)31(34)24(2)26-13-17-28(18-14-26)30-10-8-20-33(5,6)22-30/h11-18,23-24,29-30H,7-10,19-22H2,1-6H3. The number of hydrogen-bond donors (Lipinski definition) is 0. The second-order valence-corrected chi connectivity index (χ2v) is 13.1. The number of ketones is 1. The molecule has 0 saturated heterocycles. The Balaban J connectivity index is 1.40. The third kappa shape index (κ3) is 5.84. The zero-order valence-corrected chi connectivity index (χ0v) is 22.5. The Morgan fingerprint density at radius 1 is 0.676 bits per heavy atom. The average molecular weight is 459 g/mol. The number of Topliss-reactive ketones (excluding diaryl/α,β-unsaturated/α-hetero) is 1. The molecule has 34 heavy (non-hydrogen) atoms. The molecule has 0 heterocycles. The van der Waals surface area contributed by atoms with E-state index in [4.69, 9.17) is 0 Å². The second-order valence-electron chi connectivity index (χ2n) is 13.1. The monoisotopic (exact) mass is 458 g/mol. The van der Waals surface area contributed by atoms with Crippen molar-refractivity contribution in [2.24, 2.45) is 10.8 Å². The minimum Gasteiger partial charge on any atom is -0.298 e. The van der Waals surface area contributed by atoms with E-state index in [-0.39, 0.29) is 11.8 Å². The number of carbonyl (C=O) groups is 1. The van der Waals surface area contributed by atoms with Crippen molar-refractivity contribution in [3.8, 4) is 0 Å². The van der Waals surface area contributed by atoms with Crippen molar-refractivity contribution >= 4 is 5.78 Å². The maximum atomic E-state index is 13.4. The largest absolute Gasteiger partial charge is 0.298 e. The molecule has 0 bridgehead atoms. The third-order valence-corrected chi connectivity index (χ3v) is 9.08. The molecule has 1 heteroatoms. The van der Waals surface area contributed by atoms with E-state index in [9.17, 15) is 4.79 Å². The van der Waals surface area contributed by atoms with Crippen LogP contribution in [-0.2, 0) is 4.79 Å². The molecule has 4 atom stereocenters. The van der Waals surface area contributed by atoms with Crippen LogP contribution in [0, 0.1) is 10.8 Å². The van der Waals surface area contributed by atoms with Crippen LogP contribution >= 0.6 is 0 Å². The van der Waals surface area contributed by atoms with Gasteiger partial charge in [-0.1, -0.05) is 103 Å². The lowest BCUT2D eigenvalue weighted by Crippen LogP contribution is -2.21. The number of benzene rings is 2. The summed E-state index contributed by atoms with van der Waals surface area (Å²) in [6.07, 6.45) is 10.4. The molecule has 0 N–H and O–H groups in total. The molecule has 184 valence electrons. The SMILES string of the molecule is CC(C(=O)C(C)c1ccc(C2CCCC(C)(C)C2)cc1)c1ccc(C2CCCC(C)(C)C2)cc1. The van der Waals surface area contributed by atoms with Crippen molar-refractivity contribution in [2.45, 2.75) is 117 Å². The van der Waals surface area contributed by atoms with Crippen LogP contribution in [0.4, 0.5) is 0 Å². The Hall–Kier alpha value is -1.89. The van der Waals surface area contributed by atoms with Crippen molar-refractivity contribution in [3.05, 3.63) is 70.8 Å². The van der Waals surface area contributed by atoms with Crippen molar-refractivity contribution in [3.63, 3.8) is 0 Å². The molecule has 2 fully saturated rings. The molecule has 2 aliphatic carbocycles. The first kappa shape index (κ1) is 25.2. The Labute approximate surface area is 208 Å². The van der Waals surface area contributed by atoms with E-state index in [0.29, 0.717) is 28.4 Å². The van der Waals surface area contributed by atoms with Crippen LogP contribution < -0.4 is 0 Å². The van der Waals surface area contributed by atoms with E-state index >= 15 is 0 Å². The molecule has 1 nitrogen and oxygen atoms in total. The molecular formula is C33H46O. The fraction of sp³-hybridized carbons (Fsp3) is 0.606. The van der Waals surface area contributed by atoms with Crippen molar-refractivity contribution in [2.75, 3.05) is 0 Å². The van der Waals surface area contributed by atoms with E-state index in [2.05, 4.69) is 90.1 Å². The lowest BCUT2D eigenvalue weighted by molar-refractivity contribution is -0.121. The van der Waals surface area contributed by atoms with Gasteiger partial charge in [0.1, 0.15) is 5.78 Å². The molecule has 4 rings (SSSR count). The van der Waals surface area contributed by atoms with Gasteiger partial charge >= 0.3 is 0 Å². The summed E-state index contributed by atoms with van der Waals surface area (Å²) < 4.78 is 0. The Morgan fingerprint density at radius 2 is 1.03 bits per heavy atom. The van der Waals surface area contributed by atoms with Gasteiger partial charge in [0.2, 0.25) is 0 Å². The van der Waals surface area contributed by atoms with Gasteiger partial charge in [-0.15, -0.1) is 0 Å². The van der Waals surface area contributed by atoms with Gasteiger partial charge in [0.15, 0.2) is 0 Å². The van der Waals surface area contributed by atoms with E-state index in [1.54, 1.807) is 0 Å². The summed E-state index contributed by atoms with van der Waals surface area (Å²) in [6, 6.07) is 18.0. The van der Waals surface area contributed by atoms with Gasteiger partial charge in [0.05, 0.1) is 0 Å². The summed E-state index contributed by atoms with van der Waals surface area (Å²) in [7, 11) is 0. The zero-order chi connectivity index (χ0) is 24.5. The van der Waals surface area contributed by atoms with E-state index < -0.39 is 0 Å². The maximum absolute atomic E-state index is 13.4. The summed E-state index contributed by atoms with van der Waals surface area (Å²) in [4.78, 5) is 13.4. The summed E-state index contributed by atoms with van der Waals surface area (Å²) in [5.74, 6) is 1.49. The first-order chi connectivity index (χ1) is 16.0. The summed E-state index contributed by atoms with van der Waals surface area (Å²) in [5, 5.41) is 0. The van der Waals surface area contributed by atoms with Gasteiger partial charge in [-0.2, -0.15) is 0 Å². The molecule has 2 aromatic carbocycles. The van der Waals surface area contributed by atoms with E-state index in [0.717, 1.165) is 11.1 Å². The normalized spacial score (nSPS) is 25.9. The van der Waals surface area contributed by atoms with Crippen LogP contribution in [0.3, 0.4) is 0 Å². The highest BCUT2D eigenvalue weighted by Gasteiger charge is 2.30. The molecule has 2 aromatic rings. The van der Waals surface area contributed by atoms with Crippen LogP contribution in [0.5, 0.6) is 0 Å². The predicted octanol–water partition coefficient (Wildman–Crippen LogP) is 9.53. The number of carbonyl (C=O) groups excluding carboxylic acids is 1. The maximum Gasteiger partial charge on any atom is 0.147 e. The molecule has 0 aliphatic heterocycles. The zero-order valence-electron chi connectivity index (χ0n) is 22.5. The van der Waals surface area contributed by atoms with Gasteiger partial charge in [-0.05, 0) is 83.4 Å². The van der Waals surface area contributed by atoms with Crippen LogP contribution in [0.1, 0.15) is 139 Å². The van der Waals surface area contributed by atoms with Crippen LogP contribution in [0.15, 0.2) is 48.5 Å². The Morgan fingerprint density at radius 3 is 1.35 bits per heavy atom. The Bertz CT molecular complexity index is 883. The van der Waals surface area contributed by atoms with Gasteiger partial charge in [0, 0.05) is 11.8 Å². The Kier molecular flexibility index (Phi) is 7.41. The van der Waals surface area contributed by atoms with Crippen molar-refractivity contribution in [1.29, 1.82) is 0 Å². The third-order valence-electron chi connectivity index (χ3n) is 9.08. The predicted molar refractivity (Wildman–Crippen MR) is 145 cm³/mol. The van der Waals surface area contributed by atoms with Crippen LogP contribution in [0.25, 0.3) is 0 Å². The summed E-state index contributed by atoms with van der Waals surface area (Å²) in [5.41, 5.74) is 6.09. The fourth-order valence-electron chi connectivity index (χ4n) is 6.78. The van der Waals surface area contributed by atoms with E-state index in [1.165, 1.54) is 62.5 Å². The fourth-order valence-corrected chi connectivity index (χ4v) is 6.78. The first-order valence-corrected chi connectivity index (χ1v) is 13.8. The minimum absolute atomic E-state index is 0.0781. The smallest absolute Gasteiger partial charge is 0.147 e. The van der Waals surface area contributed by atoms with Crippen LogP contribution in [-0.4, -0.2) is 5.78 Å². The highest BCUT2D eigenvalue weighted by Crippen LogP contribution is 2.44. The van der Waals surface area contributed by atoms with Crippen LogP contribution in [0.2, 0.25) is 0 Å². The van der Waals surface area contributed by atoms with Gasteiger partial charge in [0.25, 0.3) is 0 Å².